The number of benzene rings is 1. The number of likely N-dealkylation sites (N-methyl/N-ethyl adjacent to an activating group) is 1. The van der Waals surface area contributed by atoms with Gasteiger partial charge < -0.3 is 14.7 Å². The van der Waals surface area contributed by atoms with Crippen molar-refractivity contribution >= 4 is 17.6 Å². The number of ether oxygens (including phenoxy) is 1. The number of carboxylic acid groups (broad SMARTS) is 1. The Morgan fingerprint density at radius 1 is 1.35 bits per heavy atom. The van der Waals surface area contributed by atoms with Crippen LogP contribution in [-0.4, -0.2) is 36.7 Å². The van der Waals surface area contributed by atoms with E-state index in [1.807, 2.05) is 18.2 Å². The van der Waals surface area contributed by atoms with E-state index in [-0.39, 0.29) is 12.5 Å². The van der Waals surface area contributed by atoms with Crippen molar-refractivity contribution in [3.63, 3.8) is 0 Å². The molecule has 5 nitrogen and oxygen atoms in total. The van der Waals surface area contributed by atoms with Gasteiger partial charge in [-0.25, -0.2) is 4.79 Å². The van der Waals surface area contributed by atoms with Gasteiger partial charge in [-0.2, -0.15) is 0 Å². The first-order valence-electron chi connectivity index (χ1n) is 5.18. The van der Waals surface area contributed by atoms with Crippen LogP contribution in [0.4, 0.5) is 5.69 Å². The molecule has 0 aromatic heterocycles. The molecule has 0 radical (unpaired) electrons. The van der Waals surface area contributed by atoms with Crippen LogP contribution in [0.2, 0.25) is 0 Å². The first-order valence-corrected chi connectivity index (χ1v) is 5.18. The minimum Gasteiger partial charge on any atom is -0.479 e. The molecule has 1 amide bonds. The number of carbonyl (C=O) groups is 2. The SMILES string of the molecule is C[C@@H](OCC(=O)N(C)c1ccccc1)C(=O)O. The lowest BCUT2D eigenvalue weighted by atomic mass is 10.3. The predicted octanol–water partition coefficient (Wildman–Crippen LogP) is 1.14. The summed E-state index contributed by atoms with van der Waals surface area (Å²) in [6.07, 6.45) is -0.983. The fourth-order valence-corrected chi connectivity index (χ4v) is 1.16. The van der Waals surface area contributed by atoms with Crippen LogP contribution >= 0.6 is 0 Å². The van der Waals surface area contributed by atoms with Crippen molar-refractivity contribution in [1.82, 2.24) is 0 Å². The molecule has 5 heteroatoms. The molecule has 0 aliphatic heterocycles. The van der Waals surface area contributed by atoms with Gasteiger partial charge in [0.05, 0.1) is 0 Å². The zero-order chi connectivity index (χ0) is 12.8. The van der Waals surface area contributed by atoms with Gasteiger partial charge in [-0.3, -0.25) is 4.79 Å². The van der Waals surface area contributed by atoms with Gasteiger partial charge in [0.15, 0.2) is 6.10 Å². The topological polar surface area (TPSA) is 66.8 Å². The van der Waals surface area contributed by atoms with Crippen LogP contribution in [0.3, 0.4) is 0 Å². The average Bonchev–Trinajstić information content (AvgIpc) is 2.35. The van der Waals surface area contributed by atoms with Crippen LogP contribution in [0.1, 0.15) is 6.92 Å². The van der Waals surface area contributed by atoms with Crippen LogP contribution in [-0.2, 0) is 14.3 Å². The third-order valence-corrected chi connectivity index (χ3v) is 2.32. The first-order chi connectivity index (χ1) is 8.02. The van der Waals surface area contributed by atoms with Gasteiger partial charge in [-0.05, 0) is 19.1 Å². The molecule has 0 fully saturated rings. The molecule has 0 spiro atoms. The van der Waals surface area contributed by atoms with E-state index in [1.54, 1.807) is 19.2 Å². The Morgan fingerprint density at radius 2 is 1.94 bits per heavy atom. The van der Waals surface area contributed by atoms with Gasteiger partial charge >= 0.3 is 5.97 Å². The molecular formula is C12H15NO4. The number of aliphatic carboxylic acids is 1. The first kappa shape index (κ1) is 13.2. The molecule has 0 unspecified atom stereocenters. The molecule has 1 rings (SSSR count). The summed E-state index contributed by atoms with van der Waals surface area (Å²) in [4.78, 5) is 23.6. The number of amides is 1. The van der Waals surface area contributed by atoms with Crippen molar-refractivity contribution in [2.75, 3.05) is 18.6 Å². The Labute approximate surface area is 99.6 Å². The van der Waals surface area contributed by atoms with Crippen LogP contribution in [0.5, 0.6) is 0 Å². The second-order valence-corrected chi connectivity index (χ2v) is 3.58. The summed E-state index contributed by atoms with van der Waals surface area (Å²) < 4.78 is 4.92. The molecular weight excluding hydrogens is 222 g/mol. The number of para-hydroxylation sites is 1. The van der Waals surface area contributed by atoms with E-state index in [2.05, 4.69) is 0 Å². The second kappa shape index (κ2) is 6.00. The van der Waals surface area contributed by atoms with E-state index in [0.717, 1.165) is 5.69 Å². The van der Waals surface area contributed by atoms with Crippen LogP contribution in [0.25, 0.3) is 0 Å². The number of carbonyl (C=O) groups excluding carboxylic acids is 1. The Balaban J connectivity index is 2.51. The van der Waals surface area contributed by atoms with Crippen molar-refractivity contribution < 1.29 is 19.4 Å². The van der Waals surface area contributed by atoms with Gasteiger partial charge in [-0.15, -0.1) is 0 Å². The highest BCUT2D eigenvalue weighted by Crippen LogP contribution is 2.11. The summed E-state index contributed by atoms with van der Waals surface area (Å²) in [5.74, 6) is -1.37. The molecule has 92 valence electrons. The van der Waals surface area contributed by atoms with Crippen molar-refractivity contribution in [1.29, 1.82) is 0 Å². The zero-order valence-corrected chi connectivity index (χ0v) is 9.79. The minimum absolute atomic E-state index is 0.251. The number of nitrogens with zero attached hydrogens (tertiary/aromatic N) is 1. The fourth-order valence-electron chi connectivity index (χ4n) is 1.16. The van der Waals surface area contributed by atoms with E-state index < -0.39 is 12.1 Å². The Bertz CT molecular complexity index is 391. The summed E-state index contributed by atoms with van der Waals surface area (Å²) in [7, 11) is 1.62. The lowest BCUT2D eigenvalue weighted by Crippen LogP contribution is -2.33. The maximum Gasteiger partial charge on any atom is 0.332 e. The Hall–Kier alpha value is -1.88. The van der Waals surface area contributed by atoms with Crippen molar-refractivity contribution in [3.8, 4) is 0 Å². The third-order valence-electron chi connectivity index (χ3n) is 2.32. The van der Waals surface area contributed by atoms with Crippen molar-refractivity contribution in [3.05, 3.63) is 30.3 Å². The molecule has 0 bridgehead atoms. The van der Waals surface area contributed by atoms with Crippen molar-refractivity contribution in [2.24, 2.45) is 0 Å². The third kappa shape index (κ3) is 3.88. The summed E-state index contributed by atoms with van der Waals surface area (Å²) in [5.41, 5.74) is 0.740. The van der Waals surface area contributed by atoms with Crippen LogP contribution in [0, 0.1) is 0 Å². The Morgan fingerprint density at radius 3 is 2.47 bits per heavy atom. The normalized spacial score (nSPS) is 11.9. The summed E-state index contributed by atoms with van der Waals surface area (Å²) in [5, 5.41) is 8.60. The van der Waals surface area contributed by atoms with Crippen molar-refractivity contribution in [2.45, 2.75) is 13.0 Å². The second-order valence-electron chi connectivity index (χ2n) is 3.58. The quantitative estimate of drug-likeness (QED) is 0.833. The average molecular weight is 237 g/mol. The maximum atomic E-state index is 11.7. The standard InChI is InChI=1S/C12H15NO4/c1-9(12(15)16)17-8-11(14)13(2)10-6-4-3-5-7-10/h3-7,9H,8H2,1-2H3,(H,15,16)/t9-/m1/s1. The van der Waals surface area contributed by atoms with Gasteiger partial charge in [0, 0.05) is 12.7 Å². The largest absolute Gasteiger partial charge is 0.479 e. The highest BCUT2D eigenvalue weighted by molar-refractivity contribution is 5.93. The predicted molar refractivity (Wildman–Crippen MR) is 62.9 cm³/mol. The van der Waals surface area contributed by atoms with E-state index in [0.29, 0.717) is 0 Å². The smallest absolute Gasteiger partial charge is 0.332 e. The zero-order valence-electron chi connectivity index (χ0n) is 9.79. The number of anilines is 1. The van der Waals surface area contributed by atoms with Crippen LogP contribution < -0.4 is 4.90 Å². The molecule has 0 saturated heterocycles. The molecule has 17 heavy (non-hydrogen) atoms. The van der Waals surface area contributed by atoms with E-state index in [9.17, 15) is 9.59 Å². The summed E-state index contributed by atoms with van der Waals surface area (Å²) in [6.45, 7) is 1.14. The molecule has 1 aromatic carbocycles. The lowest BCUT2D eigenvalue weighted by Gasteiger charge is -2.18. The molecule has 1 atom stereocenters. The lowest BCUT2D eigenvalue weighted by molar-refractivity contribution is -0.150. The summed E-state index contributed by atoms with van der Waals surface area (Å²) >= 11 is 0. The number of hydrogen-bond acceptors (Lipinski definition) is 3. The number of carboxylic acids is 1. The molecule has 0 saturated carbocycles. The van der Waals surface area contributed by atoms with E-state index in [1.165, 1.54) is 11.8 Å². The monoisotopic (exact) mass is 237 g/mol. The molecule has 0 heterocycles. The van der Waals surface area contributed by atoms with Gasteiger partial charge in [0.25, 0.3) is 5.91 Å². The van der Waals surface area contributed by atoms with E-state index in [4.69, 9.17) is 9.84 Å². The number of hydrogen-bond donors (Lipinski definition) is 1. The van der Waals surface area contributed by atoms with E-state index >= 15 is 0 Å². The maximum absolute atomic E-state index is 11.7. The van der Waals surface area contributed by atoms with Gasteiger partial charge in [0.1, 0.15) is 6.61 Å². The molecule has 0 aliphatic rings. The summed E-state index contributed by atoms with van der Waals surface area (Å²) in [6, 6.07) is 9.07. The van der Waals surface area contributed by atoms with Gasteiger partial charge in [-0.1, -0.05) is 18.2 Å². The highest BCUT2D eigenvalue weighted by atomic mass is 16.5. The van der Waals surface area contributed by atoms with Crippen LogP contribution in [0.15, 0.2) is 30.3 Å². The molecule has 1 aromatic rings. The van der Waals surface area contributed by atoms with Gasteiger partial charge in [0.2, 0.25) is 0 Å². The fraction of sp³-hybridized carbons (Fsp3) is 0.333. The highest BCUT2D eigenvalue weighted by Gasteiger charge is 2.16. The minimum atomic E-state index is -1.08. The Kier molecular flexibility index (Phi) is 4.66. The molecule has 1 N–H and O–H groups in total. The number of rotatable bonds is 5. The molecule has 0 aliphatic carbocycles.